The molecule has 11 heteroatoms. The number of carbonyl (C=O) groups is 1. The van der Waals surface area contributed by atoms with Crippen LogP contribution in [0, 0.1) is 0 Å². The van der Waals surface area contributed by atoms with Crippen LogP contribution in [-0.4, -0.2) is 39.5 Å². The van der Waals surface area contributed by atoms with Gasteiger partial charge in [-0.15, -0.1) is 0 Å². The van der Waals surface area contributed by atoms with E-state index in [-0.39, 0.29) is 35.7 Å². The first-order chi connectivity index (χ1) is 16.2. The molecule has 0 atom stereocenters. The van der Waals surface area contributed by atoms with E-state index in [0.717, 1.165) is 6.07 Å². The van der Waals surface area contributed by atoms with Crippen LogP contribution in [0.4, 0.5) is 13.2 Å². The lowest BCUT2D eigenvalue weighted by atomic mass is 10.2. The molecule has 2 aromatic carbocycles. The molecule has 1 aromatic heterocycles. The number of methoxy groups -OCH3 is 1. The topological polar surface area (TPSA) is 93.4 Å². The summed E-state index contributed by atoms with van der Waals surface area (Å²) >= 11 is 0. The van der Waals surface area contributed by atoms with Crippen molar-refractivity contribution in [3.8, 4) is 23.0 Å². The Morgan fingerprint density at radius 3 is 2.32 bits per heavy atom. The zero-order valence-electron chi connectivity index (χ0n) is 18.3. The standard InChI is InChI=1S/C23H21F3O8/c1-3-30-10-11-31-19(27)13-32-16-8-9-17-18(12-16)34-22(23(24,25)26)21(20(17)28)33-15-6-4-14(29-2)5-7-15/h4-9,12H,3,10-11,13H2,1-2H3. The van der Waals surface area contributed by atoms with Crippen LogP contribution in [0.15, 0.2) is 51.7 Å². The summed E-state index contributed by atoms with van der Waals surface area (Å²) in [5.74, 6) is -2.85. The number of esters is 1. The Hall–Kier alpha value is -3.73. The monoisotopic (exact) mass is 482 g/mol. The van der Waals surface area contributed by atoms with E-state index in [4.69, 9.17) is 28.1 Å². The second-order valence-electron chi connectivity index (χ2n) is 6.73. The number of halogens is 3. The number of hydrogen-bond acceptors (Lipinski definition) is 8. The SMILES string of the molecule is CCOCCOC(=O)COc1ccc2c(=O)c(Oc3ccc(OC)cc3)c(C(F)(F)F)oc2c1. The molecule has 0 radical (unpaired) electrons. The molecule has 0 amide bonds. The Balaban J connectivity index is 1.86. The lowest BCUT2D eigenvalue weighted by Crippen LogP contribution is -2.18. The van der Waals surface area contributed by atoms with Gasteiger partial charge in [0.25, 0.3) is 5.76 Å². The summed E-state index contributed by atoms with van der Waals surface area (Å²) in [4.78, 5) is 24.5. The summed E-state index contributed by atoms with van der Waals surface area (Å²) in [5, 5.41) is -0.164. The second-order valence-corrected chi connectivity index (χ2v) is 6.73. The average Bonchev–Trinajstić information content (AvgIpc) is 2.81. The maximum absolute atomic E-state index is 13.7. The molecule has 3 aromatic rings. The summed E-state index contributed by atoms with van der Waals surface area (Å²) in [6, 6.07) is 9.26. The van der Waals surface area contributed by atoms with Crippen molar-refractivity contribution >= 4 is 16.9 Å². The fourth-order valence-electron chi connectivity index (χ4n) is 2.83. The number of alkyl halides is 3. The molecule has 0 N–H and O–H groups in total. The molecule has 34 heavy (non-hydrogen) atoms. The predicted molar refractivity (Wildman–Crippen MR) is 114 cm³/mol. The summed E-state index contributed by atoms with van der Waals surface area (Å²) in [6.07, 6.45) is -5.02. The molecule has 8 nitrogen and oxygen atoms in total. The van der Waals surface area contributed by atoms with Crippen molar-refractivity contribution in [3.63, 3.8) is 0 Å². The molecule has 1 heterocycles. The van der Waals surface area contributed by atoms with Crippen molar-refractivity contribution < 1.29 is 46.1 Å². The van der Waals surface area contributed by atoms with Crippen molar-refractivity contribution in [2.24, 2.45) is 0 Å². The van der Waals surface area contributed by atoms with Crippen LogP contribution in [0.2, 0.25) is 0 Å². The first kappa shape index (κ1) is 24.9. The van der Waals surface area contributed by atoms with Gasteiger partial charge in [-0.2, -0.15) is 13.2 Å². The summed E-state index contributed by atoms with van der Waals surface area (Å²) in [7, 11) is 1.43. The van der Waals surface area contributed by atoms with Crippen LogP contribution in [0.1, 0.15) is 12.7 Å². The first-order valence-electron chi connectivity index (χ1n) is 10.1. The Kier molecular flexibility index (Phi) is 8.00. The minimum atomic E-state index is -5.02. The number of benzene rings is 2. The van der Waals surface area contributed by atoms with Gasteiger partial charge in [0.2, 0.25) is 11.2 Å². The molecule has 3 rings (SSSR count). The Morgan fingerprint density at radius 1 is 1.00 bits per heavy atom. The van der Waals surface area contributed by atoms with Gasteiger partial charge in [-0.05, 0) is 43.3 Å². The Bertz CT molecular complexity index is 1190. The summed E-state index contributed by atoms with van der Waals surface area (Å²) < 4.78 is 71.4. The van der Waals surface area contributed by atoms with E-state index in [1.54, 1.807) is 6.92 Å². The van der Waals surface area contributed by atoms with Crippen LogP contribution >= 0.6 is 0 Å². The minimum absolute atomic E-state index is 0.00866. The van der Waals surface area contributed by atoms with Crippen LogP contribution < -0.4 is 19.6 Å². The molecular weight excluding hydrogens is 461 g/mol. The van der Waals surface area contributed by atoms with E-state index in [1.807, 2.05) is 0 Å². The van der Waals surface area contributed by atoms with E-state index in [1.165, 1.54) is 43.5 Å². The third-order valence-corrected chi connectivity index (χ3v) is 4.41. The minimum Gasteiger partial charge on any atom is -0.497 e. The lowest BCUT2D eigenvalue weighted by Gasteiger charge is -2.14. The normalized spacial score (nSPS) is 11.3. The molecule has 0 fully saturated rings. The maximum Gasteiger partial charge on any atom is 0.453 e. The van der Waals surface area contributed by atoms with E-state index in [9.17, 15) is 22.8 Å². The highest BCUT2D eigenvalue weighted by molar-refractivity contribution is 5.80. The summed E-state index contributed by atoms with van der Waals surface area (Å²) in [6.45, 7) is 2.04. The number of ether oxygens (including phenoxy) is 5. The molecule has 0 saturated carbocycles. The lowest BCUT2D eigenvalue weighted by molar-refractivity contribution is -0.154. The molecule has 0 bridgehead atoms. The fourth-order valence-corrected chi connectivity index (χ4v) is 2.83. The Morgan fingerprint density at radius 2 is 1.68 bits per heavy atom. The van der Waals surface area contributed by atoms with Crippen molar-refractivity contribution in [2.45, 2.75) is 13.1 Å². The Labute approximate surface area is 191 Å². The number of carbonyl (C=O) groups excluding carboxylic acids is 1. The summed E-state index contributed by atoms with van der Waals surface area (Å²) in [5.41, 5.74) is -1.41. The smallest absolute Gasteiger partial charge is 0.453 e. The third kappa shape index (κ3) is 6.19. The molecule has 0 spiro atoms. The molecule has 0 aliphatic carbocycles. The van der Waals surface area contributed by atoms with Crippen LogP contribution in [0.25, 0.3) is 11.0 Å². The van der Waals surface area contributed by atoms with Gasteiger partial charge in [0.1, 0.15) is 29.4 Å². The second kappa shape index (κ2) is 10.9. The van der Waals surface area contributed by atoms with Crippen molar-refractivity contribution in [1.29, 1.82) is 0 Å². The van der Waals surface area contributed by atoms with Gasteiger partial charge in [-0.25, -0.2) is 4.79 Å². The van der Waals surface area contributed by atoms with Crippen molar-refractivity contribution in [3.05, 3.63) is 58.4 Å². The van der Waals surface area contributed by atoms with Gasteiger partial charge in [0, 0.05) is 12.7 Å². The van der Waals surface area contributed by atoms with Crippen LogP contribution in [-0.2, 0) is 20.4 Å². The third-order valence-electron chi connectivity index (χ3n) is 4.41. The highest BCUT2D eigenvalue weighted by Gasteiger charge is 2.40. The average molecular weight is 482 g/mol. The number of hydrogen-bond donors (Lipinski definition) is 0. The van der Waals surface area contributed by atoms with Gasteiger partial charge in [0.15, 0.2) is 6.61 Å². The van der Waals surface area contributed by atoms with E-state index in [2.05, 4.69) is 0 Å². The fraction of sp³-hybridized carbons (Fsp3) is 0.304. The molecule has 0 unspecified atom stereocenters. The molecule has 182 valence electrons. The quantitative estimate of drug-likeness (QED) is 0.307. The molecule has 0 saturated heterocycles. The van der Waals surface area contributed by atoms with E-state index in [0.29, 0.717) is 12.4 Å². The highest BCUT2D eigenvalue weighted by Crippen LogP contribution is 2.38. The van der Waals surface area contributed by atoms with E-state index < -0.39 is 35.7 Å². The molecule has 0 aliphatic rings. The van der Waals surface area contributed by atoms with Gasteiger partial charge in [-0.3, -0.25) is 4.79 Å². The molecule has 0 aliphatic heterocycles. The zero-order chi connectivity index (χ0) is 24.7. The van der Waals surface area contributed by atoms with Gasteiger partial charge in [-0.1, -0.05) is 0 Å². The first-order valence-corrected chi connectivity index (χ1v) is 10.1. The van der Waals surface area contributed by atoms with Crippen molar-refractivity contribution in [2.75, 3.05) is 33.5 Å². The number of rotatable bonds is 10. The van der Waals surface area contributed by atoms with Crippen molar-refractivity contribution in [1.82, 2.24) is 0 Å². The largest absolute Gasteiger partial charge is 0.497 e. The predicted octanol–water partition coefficient (Wildman–Crippen LogP) is 4.57. The highest BCUT2D eigenvalue weighted by atomic mass is 19.4. The zero-order valence-corrected chi connectivity index (χ0v) is 18.3. The van der Waals surface area contributed by atoms with Crippen LogP contribution in [0.5, 0.6) is 23.0 Å². The van der Waals surface area contributed by atoms with Gasteiger partial charge in [0.05, 0.1) is 19.1 Å². The maximum atomic E-state index is 13.7. The van der Waals surface area contributed by atoms with Crippen LogP contribution in [0.3, 0.4) is 0 Å². The van der Waals surface area contributed by atoms with Gasteiger partial charge >= 0.3 is 12.1 Å². The molecular formula is C23H21F3O8. The van der Waals surface area contributed by atoms with E-state index >= 15 is 0 Å². The number of fused-ring (bicyclic) bond motifs is 1. The van der Waals surface area contributed by atoms with Gasteiger partial charge < -0.3 is 28.1 Å².